The molecule has 0 aliphatic rings. The van der Waals surface area contributed by atoms with Gasteiger partial charge in [0.2, 0.25) is 5.95 Å². The van der Waals surface area contributed by atoms with E-state index < -0.39 is 0 Å². The van der Waals surface area contributed by atoms with Crippen LogP contribution in [0.1, 0.15) is 28.8 Å². The van der Waals surface area contributed by atoms with Crippen molar-refractivity contribution in [2.45, 2.75) is 33.2 Å². The number of aliphatic hydroxyl groups is 1. The van der Waals surface area contributed by atoms with Crippen LogP contribution in [-0.4, -0.2) is 38.3 Å². The molecule has 26 heavy (non-hydrogen) atoms. The number of aliphatic hydroxyl groups excluding tert-OH is 1. The van der Waals surface area contributed by atoms with Gasteiger partial charge in [-0.05, 0) is 43.4 Å². The lowest BCUT2D eigenvalue weighted by Gasteiger charge is -2.13. The third kappa shape index (κ3) is 3.32. The number of hydrogen-bond acceptors (Lipinski definition) is 6. The second-order valence-corrected chi connectivity index (χ2v) is 6.57. The highest BCUT2D eigenvalue weighted by atomic mass is 35.5. The third-order valence-corrected chi connectivity index (χ3v) is 4.76. The Balaban J connectivity index is 2.11. The first kappa shape index (κ1) is 18.4. The lowest BCUT2D eigenvalue weighted by molar-refractivity contribution is 0.288. The van der Waals surface area contributed by atoms with Gasteiger partial charge in [-0.3, -0.25) is 4.98 Å². The Morgan fingerprint density at radius 3 is 2.73 bits per heavy atom. The van der Waals surface area contributed by atoms with Crippen molar-refractivity contribution in [1.29, 1.82) is 0 Å². The number of fused-ring (bicyclic) bond motifs is 1. The van der Waals surface area contributed by atoms with Crippen LogP contribution in [0.4, 0.5) is 5.95 Å². The van der Waals surface area contributed by atoms with Crippen LogP contribution in [0.5, 0.6) is 5.75 Å². The fourth-order valence-electron chi connectivity index (χ4n) is 3.21. The predicted molar refractivity (Wildman–Crippen MR) is 102 cm³/mol. The van der Waals surface area contributed by atoms with Crippen LogP contribution in [0.3, 0.4) is 0 Å². The minimum absolute atomic E-state index is 0.109. The Bertz CT molecular complexity index is 955. The average Bonchev–Trinajstić information content (AvgIpc) is 2.93. The smallest absolute Gasteiger partial charge is 0.223 e. The molecule has 7 nitrogen and oxygen atoms in total. The van der Waals surface area contributed by atoms with E-state index in [1.54, 1.807) is 7.11 Å². The molecule has 0 amide bonds. The maximum Gasteiger partial charge on any atom is 0.223 e. The van der Waals surface area contributed by atoms with Gasteiger partial charge in [0.25, 0.3) is 0 Å². The van der Waals surface area contributed by atoms with Crippen molar-refractivity contribution in [3.05, 3.63) is 39.9 Å². The van der Waals surface area contributed by atoms with Crippen molar-refractivity contribution < 1.29 is 9.84 Å². The fraction of sp³-hybridized carbons (Fsp3) is 0.389. The quantitative estimate of drug-likeness (QED) is 0.642. The second-order valence-electron chi connectivity index (χ2n) is 6.21. The van der Waals surface area contributed by atoms with E-state index in [1.807, 2.05) is 30.8 Å². The summed E-state index contributed by atoms with van der Waals surface area (Å²) >= 11 is 6.32. The fourth-order valence-corrected chi connectivity index (χ4v) is 3.50. The molecule has 8 heteroatoms. The van der Waals surface area contributed by atoms with Crippen LogP contribution >= 0.6 is 11.6 Å². The Kier molecular flexibility index (Phi) is 5.29. The van der Waals surface area contributed by atoms with E-state index in [4.69, 9.17) is 27.2 Å². The van der Waals surface area contributed by atoms with Crippen molar-refractivity contribution >= 4 is 28.6 Å². The molecule has 3 aromatic heterocycles. The van der Waals surface area contributed by atoms with Gasteiger partial charge in [-0.15, -0.1) is 0 Å². The zero-order valence-electron chi connectivity index (χ0n) is 15.1. The first-order valence-corrected chi connectivity index (χ1v) is 8.74. The number of rotatable bonds is 6. The molecule has 3 heterocycles. The summed E-state index contributed by atoms with van der Waals surface area (Å²) in [5.74, 6) is 0.915. The van der Waals surface area contributed by atoms with Crippen molar-refractivity contribution in [2.24, 2.45) is 0 Å². The van der Waals surface area contributed by atoms with Gasteiger partial charge in [-0.2, -0.15) is 4.98 Å². The van der Waals surface area contributed by atoms with Crippen LogP contribution in [0.2, 0.25) is 5.15 Å². The SMILES string of the molecule is COc1c(C)ncc(Cn2cc(CCCO)c3c(Cl)nc(N)nc32)c1C. The molecule has 3 rings (SSSR count). The minimum Gasteiger partial charge on any atom is -0.495 e. The largest absolute Gasteiger partial charge is 0.495 e. The molecule has 3 aromatic rings. The molecule has 0 unspecified atom stereocenters. The standard InChI is InChI=1S/C18H22ClN5O2/c1-10-13(7-21-11(2)15(10)26-3)9-24-8-12(5-4-6-25)14-16(19)22-18(20)23-17(14)24/h7-8,25H,4-6,9H2,1-3H3,(H2,20,22,23). The molecule has 138 valence electrons. The molecule has 0 aromatic carbocycles. The van der Waals surface area contributed by atoms with Crippen molar-refractivity contribution in [2.75, 3.05) is 19.5 Å². The zero-order chi connectivity index (χ0) is 18.8. The van der Waals surface area contributed by atoms with Crippen molar-refractivity contribution in [3.63, 3.8) is 0 Å². The van der Waals surface area contributed by atoms with Crippen LogP contribution in [0.15, 0.2) is 12.4 Å². The van der Waals surface area contributed by atoms with Crippen molar-refractivity contribution in [3.8, 4) is 5.75 Å². The number of anilines is 1. The number of nitrogens with zero attached hydrogens (tertiary/aromatic N) is 4. The van der Waals surface area contributed by atoms with Gasteiger partial charge < -0.3 is 20.1 Å². The molecule has 0 radical (unpaired) electrons. The van der Waals surface area contributed by atoms with Gasteiger partial charge >= 0.3 is 0 Å². The summed E-state index contributed by atoms with van der Waals surface area (Å²) in [4.78, 5) is 12.9. The van der Waals surface area contributed by atoms with Crippen LogP contribution in [-0.2, 0) is 13.0 Å². The summed E-state index contributed by atoms with van der Waals surface area (Å²) < 4.78 is 7.46. The van der Waals surface area contributed by atoms with E-state index in [-0.39, 0.29) is 12.6 Å². The normalized spacial score (nSPS) is 11.3. The number of halogens is 1. The zero-order valence-corrected chi connectivity index (χ0v) is 15.8. The first-order valence-electron chi connectivity index (χ1n) is 8.36. The van der Waals surface area contributed by atoms with Crippen LogP contribution in [0.25, 0.3) is 11.0 Å². The number of aromatic nitrogens is 4. The Morgan fingerprint density at radius 1 is 1.27 bits per heavy atom. The maximum absolute atomic E-state index is 9.16. The van der Waals surface area contributed by atoms with Gasteiger partial charge in [-0.1, -0.05) is 11.6 Å². The van der Waals surface area contributed by atoms with E-state index in [0.717, 1.165) is 33.5 Å². The molecular formula is C18H22ClN5O2. The molecule has 0 bridgehead atoms. The topological polar surface area (TPSA) is 99.1 Å². The van der Waals surface area contributed by atoms with Gasteiger partial charge in [0.05, 0.1) is 24.7 Å². The number of pyridine rings is 1. The van der Waals surface area contributed by atoms with Gasteiger partial charge in [0.1, 0.15) is 16.5 Å². The number of methoxy groups -OCH3 is 1. The lowest BCUT2D eigenvalue weighted by Crippen LogP contribution is -2.06. The summed E-state index contributed by atoms with van der Waals surface area (Å²) in [6, 6.07) is 0. The van der Waals surface area contributed by atoms with E-state index >= 15 is 0 Å². The van der Waals surface area contributed by atoms with Gasteiger partial charge in [0, 0.05) is 19.0 Å². The summed E-state index contributed by atoms with van der Waals surface area (Å²) in [5.41, 5.74) is 10.4. The third-order valence-electron chi connectivity index (χ3n) is 4.48. The molecule has 0 spiro atoms. The molecule has 0 saturated heterocycles. The molecule has 3 N–H and O–H groups in total. The number of ether oxygens (including phenoxy) is 1. The van der Waals surface area contributed by atoms with Crippen LogP contribution < -0.4 is 10.5 Å². The monoisotopic (exact) mass is 375 g/mol. The summed E-state index contributed by atoms with van der Waals surface area (Å²) in [5, 5.41) is 10.3. The Labute approximate surface area is 156 Å². The highest BCUT2D eigenvalue weighted by Gasteiger charge is 2.17. The molecule has 0 saturated carbocycles. The summed E-state index contributed by atoms with van der Waals surface area (Å²) in [6.45, 7) is 4.59. The second kappa shape index (κ2) is 7.47. The minimum atomic E-state index is 0.109. The average molecular weight is 376 g/mol. The Morgan fingerprint density at radius 2 is 2.04 bits per heavy atom. The predicted octanol–water partition coefficient (Wildman–Crippen LogP) is 2.66. The Hall–Kier alpha value is -2.38. The van der Waals surface area contributed by atoms with Gasteiger partial charge in [-0.25, -0.2) is 4.98 Å². The number of nitrogen functional groups attached to an aromatic ring is 1. The highest BCUT2D eigenvalue weighted by molar-refractivity contribution is 6.34. The lowest BCUT2D eigenvalue weighted by atomic mass is 10.1. The number of aryl methyl sites for hydroxylation is 2. The van der Waals surface area contributed by atoms with Crippen LogP contribution in [0, 0.1) is 13.8 Å². The molecule has 0 atom stereocenters. The van der Waals surface area contributed by atoms with Gasteiger partial charge in [0.15, 0.2) is 0 Å². The molecular weight excluding hydrogens is 354 g/mol. The van der Waals surface area contributed by atoms with Crippen molar-refractivity contribution in [1.82, 2.24) is 19.5 Å². The number of nitrogens with two attached hydrogens (primary N) is 1. The molecule has 0 fully saturated rings. The highest BCUT2D eigenvalue weighted by Crippen LogP contribution is 2.30. The summed E-state index contributed by atoms with van der Waals surface area (Å²) in [6.07, 6.45) is 5.16. The molecule has 0 aliphatic heterocycles. The van der Waals surface area contributed by atoms with E-state index in [2.05, 4.69) is 15.0 Å². The first-order chi connectivity index (χ1) is 12.5. The molecule has 0 aliphatic carbocycles. The number of hydrogen-bond donors (Lipinski definition) is 2. The maximum atomic E-state index is 9.16. The van der Waals surface area contributed by atoms with E-state index in [0.29, 0.717) is 30.2 Å². The van der Waals surface area contributed by atoms with E-state index in [1.165, 1.54) is 0 Å². The summed E-state index contributed by atoms with van der Waals surface area (Å²) in [7, 11) is 1.65. The van der Waals surface area contributed by atoms with E-state index in [9.17, 15) is 0 Å².